The van der Waals surface area contributed by atoms with Crippen molar-refractivity contribution in [3.8, 4) is 5.75 Å². The van der Waals surface area contributed by atoms with Gasteiger partial charge in [0.25, 0.3) is 5.91 Å². The van der Waals surface area contributed by atoms with E-state index in [-0.39, 0.29) is 23.1 Å². The van der Waals surface area contributed by atoms with Gasteiger partial charge in [-0.15, -0.1) is 0 Å². The number of aromatic hydroxyl groups is 1. The molecule has 1 amide bonds. The van der Waals surface area contributed by atoms with Gasteiger partial charge in [-0.25, -0.2) is 9.18 Å². The summed E-state index contributed by atoms with van der Waals surface area (Å²) in [5.41, 5.74) is -0.0297. The number of hydrogen-bond acceptors (Lipinski definition) is 3. The molecule has 1 aromatic carbocycles. The molecule has 1 aromatic rings. The van der Waals surface area contributed by atoms with Crippen molar-refractivity contribution in [1.82, 2.24) is 4.90 Å². The summed E-state index contributed by atoms with van der Waals surface area (Å²) < 4.78 is 12.5. The lowest BCUT2D eigenvalue weighted by Gasteiger charge is -2.12. The first-order valence-corrected chi connectivity index (χ1v) is 5.89. The third kappa shape index (κ3) is 1.84. The first-order valence-electron chi connectivity index (χ1n) is 5.10. The predicted molar refractivity (Wildman–Crippen MR) is 63.5 cm³/mol. The molecule has 18 heavy (non-hydrogen) atoms. The minimum atomic E-state index is -1.39. The summed E-state index contributed by atoms with van der Waals surface area (Å²) in [6.07, 6.45) is 0. The van der Waals surface area contributed by atoms with Crippen LogP contribution in [0.2, 0.25) is 0 Å². The van der Waals surface area contributed by atoms with Gasteiger partial charge in [-0.3, -0.25) is 4.79 Å². The largest absolute Gasteiger partial charge is 0.506 e. The van der Waals surface area contributed by atoms with Gasteiger partial charge in [0.2, 0.25) is 0 Å². The molecule has 0 radical (unpaired) electrons. The highest BCUT2D eigenvalue weighted by Crippen LogP contribution is 2.37. The molecular formula is C11H9BrFNO4. The lowest BCUT2D eigenvalue weighted by molar-refractivity contribution is 0.0678. The molecule has 0 bridgehead atoms. The molecule has 96 valence electrons. The number of hydrogen-bond donors (Lipinski definition) is 2. The van der Waals surface area contributed by atoms with E-state index in [9.17, 15) is 19.1 Å². The Morgan fingerprint density at radius 3 is 2.78 bits per heavy atom. The fourth-order valence-corrected chi connectivity index (χ4v) is 2.46. The number of carboxylic acids is 1. The van der Waals surface area contributed by atoms with Crippen molar-refractivity contribution in [2.24, 2.45) is 0 Å². The maximum Gasteiger partial charge on any atom is 0.340 e. The molecule has 0 aromatic heterocycles. The highest BCUT2D eigenvalue weighted by molar-refractivity contribution is 9.10. The third-order valence-corrected chi connectivity index (χ3v) is 3.37. The summed E-state index contributed by atoms with van der Waals surface area (Å²) in [7, 11) is 0. The fraction of sp³-hybridized carbons (Fsp3) is 0.273. The summed E-state index contributed by atoms with van der Waals surface area (Å²) in [4.78, 5) is 24.3. The number of aromatic carboxylic acids is 1. The van der Waals surface area contributed by atoms with E-state index in [1.54, 1.807) is 0 Å². The molecule has 0 spiro atoms. The Morgan fingerprint density at radius 1 is 1.56 bits per heavy atom. The van der Waals surface area contributed by atoms with Crippen LogP contribution in [-0.4, -0.2) is 40.2 Å². The number of nitrogens with zero attached hydrogens (tertiary/aromatic N) is 1. The van der Waals surface area contributed by atoms with E-state index in [0.29, 0.717) is 5.56 Å². The molecule has 0 atom stereocenters. The second-order valence-corrected chi connectivity index (χ2v) is 4.69. The van der Waals surface area contributed by atoms with Crippen molar-refractivity contribution in [3.63, 3.8) is 0 Å². The van der Waals surface area contributed by atoms with E-state index in [4.69, 9.17) is 5.11 Å². The highest BCUT2D eigenvalue weighted by atomic mass is 79.9. The zero-order valence-corrected chi connectivity index (χ0v) is 10.7. The summed E-state index contributed by atoms with van der Waals surface area (Å²) in [5, 5.41) is 18.8. The van der Waals surface area contributed by atoms with Crippen molar-refractivity contribution >= 4 is 27.8 Å². The zero-order chi connectivity index (χ0) is 13.4. The van der Waals surface area contributed by atoms with Crippen LogP contribution < -0.4 is 0 Å². The number of amides is 1. The van der Waals surface area contributed by atoms with E-state index >= 15 is 0 Å². The summed E-state index contributed by atoms with van der Waals surface area (Å²) >= 11 is 3.03. The van der Waals surface area contributed by atoms with Gasteiger partial charge in [-0.05, 0) is 27.6 Å². The van der Waals surface area contributed by atoms with Crippen molar-refractivity contribution < 1.29 is 24.2 Å². The van der Waals surface area contributed by atoms with Gasteiger partial charge < -0.3 is 15.1 Å². The number of benzene rings is 1. The van der Waals surface area contributed by atoms with Crippen LogP contribution >= 0.6 is 15.9 Å². The van der Waals surface area contributed by atoms with Crippen LogP contribution in [0.5, 0.6) is 5.75 Å². The Morgan fingerprint density at radius 2 is 2.22 bits per heavy atom. The number of carbonyl (C=O) groups is 2. The number of alkyl halides is 1. The lowest BCUT2D eigenvalue weighted by Crippen LogP contribution is -2.26. The Bertz CT molecular complexity index is 546. The van der Waals surface area contributed by atoms with Crippen LogP contribution in [0.1, 0.15) is 26.3 Å². The van der Waals surface area contributed by atoms with Crippen molar-refractivity contribution in [2.75, 3.05) is 13.2 Å². The minimum absolute atomic E-state index is 0.0587. The van der Waals surface area contributed by atoms with E-state index in [0.717, 1.165) is 0 Å². The Hall–Kier alpha value is -1.63. The first-order chi connectivity index (χ1) is 8.47. The highest BCUT2D eigenvalue weighted by Gasteiger charge is 2.34. The molecule has 1 aliphatic rings. The predicted octanol–water partition coefficient (Wildman–Crippen LogP) is 1.78. The number of rotatable bonds is 3. The molecule has 2 N–H and O–H groups in total. The van der Waals surface area contributed by atoms with Crippen LogP contribution in [-0.2, 0) is 6.54 Å². The normalized spacial score (nSPS) is 13.9. The van der Waals surface area contributed by atoms with Crippen LogP contribution in [0.4, 0.5) is 4.39 Å². The van der Waals surface area contributed by atoms with Crippen LogP contribution in [0.15, 0.2) is 10.5 Å². The summed E-state index contributed by atoms with van der Waals surface area (Å²) in [5.74, 6) is -2.44. The van der Waals surface area contributed by atoms with Crippen LogP contribution in [0.25, 0.3) is 0 Å². The number of carboxylic acid groups (broad SMARTS) is 1. The molecule has 0 saturated carbocycles. The first kappa shape index (κ1) is 12.8. The topological polar surface area (TPSA) is 77.8 Å². The van der Waals surface area contributed by atoms with Crippen molar-refractivity contribution in [1.29, 1.82) is 0 Å². The monoisotopic (exact) mass is 317 g/mol. The Balaban J connectivity index is 2.60. The molecule has 1 heterocycles. The number of phenols is 1. The number of carbonyl (C=O) groups excluding carboxylic acids is 1. The van der Waals surface area contributed by atoms with E-state index in [2.05, 4.69) is 15.9 Å². The van der Waals surface area contributed by atoms with Gasteiger partial charge in [0, 0.05) is 13.1 Å². The molecule has 5 nitrogen and oxygen atoms in total. The van der Waals surface area contributed by atoms with Gasteiger partial charge in [-0.1, -0.05) is 0 Å². The lowest BCUT2D eigenvalue weighted by atomic mass is 10.0. The molecule has 2 rings (SSSR count). The van der Waals surface area contributed by atoms with Gasteiger partial charge in [0.05, 0.1) is 10.0 Å². The Kier molecular flexibility index (Phi) is 3.25. The van der Waals surface area contributed by atoms with E-state index in [1.807, 2.05) is 0 Å². The minimum Gasteiger partial charge on any atom is -0.506 e. The molecule has 0 aliphatic carbocycles. The van der Waals surface area contributed by atoms with Crippen molar-refractivity contribution in [2.45, 2.75) is 6.54 Å². The fourth-order valence-electron chi connectivity index (χ4n) is 1.99. The molecule has 7 heteroatoms. The second kappa shape index (κ2) is 4.56. The van der Waals surface area contributed by atoms with Gasteiger partial charge in [0.15, 0.2) is 0 Å². The molecule has 0 fully saturated rings. The average Bonchev–Trinajstić information content (AvgIpc) is 2.58. The van der Waals surface area contributed by atoms with Crippen LogP contribution in [0.3, 0.4) is 0 Å². The molecule has 1 aliphatic heterocycles. The van der Waals surface area contributed by atoms with E-state index in [1.165, 1.54) is 11.0 Å². The van der Waals surface area contributed by atoms with Crippen LogP contribution in [0, 0.1) is 0 Å². The zero-order valence-electron chi connectivity index (χ0n) is 9.11. The van der Waals surface area contributed by atoms with E-state index < -0.39 is 29.9 Å². The second-order valence-electron chi connectivity index (χ2n) is 3.84. The standard InChI is InChI=1S/C11H9BrFNO4/c12-6-3-5-4-14(2-1-13)10(16)7(5)8(9(6)15)11(17)18/h3,15H,1-2,4H2,(H,17,18). The maximum absolute atomic E-state index is 12.3. The molecule has 0 saturated heterocycles. The summed E-state index contributed by atoms with van der Waals surface area (Å²) in [6, 6.07) is 1.48. The molecular weight excluding hydrogens is 309 g/mol. The van der Waals surface area contributed by atoms with Gasteiger partial charge in [0.1, 0.15) is 18.0 Å². The quantitative estimate of drug-likeness (QED) is 0.890. The average molecular weight is 318 g/mol. The third-order valence-electron chi connectivity index (χ3n) is 2.77. The Labute approximate surface area is 110 Å². The van der Waals surface area contributed by atoms with Gasteiger partial charge >= 0.3 is 5.97 Å². The number of fused-ring (bicyclic) bond motifs is 1. The number of halogens is 2. The van der Waals surface area contributed by atoms with Gasteiger partial charge in [-0.2, -0.15) is 0 Å². The SMILES string of the molecule is O=C(O)c1c(O)c(Br)cc2c1C(=O)N(CCF)C2. The molecule has 0 unspecified atom stereocenters. The summed E-state index contributed by atoms with van der Waals surface area (Å²) in [6.45, 7) is -0.641. The van der Waals surface area contributed by atoms with Crippen molar-refractivity contribution in [3.05, 3.63) is 27.2 Å². The maximum atomic E-state index is 12.3. The smallest absolute Gasteiger partial charge is 0.340 e.